The second-order valence-corrected chi connectivity index (χ2v) is 10.6. The number of alkyl halides is 3. The average Bonchev–Trinajstić information content (AvgIpc) is 3.13. The standard InChI is InChI=1S/C25H31F4N3O2/c1-22(8-4-17(5-9-22)24(34)6-3-7-24)21(33)31-12-10-23(11-13-31)20-18(26)16-19(25(27,28)29)32(20)15-14-30(23)2/h4-5,8,16,34H,3,6-7,9-15H2,1-2H3. The second kappa shape index (κ2) is 7.68. The van der Waals surface area contributed by atoms with E-state index in [1.165, 1.54) is 0 Å². The fraction of sp³-hybridized carbons (Fsp3) is 0.640. The number of carbonyl (C=O) groups excluding carboxylic acids is 1. The molecule has 0 radical (unpaired) electrons. The third kappa shape index (κ3) is 3.46. The summed E-state index contributed by atoms with van der Waals surface area (Å²) in [5.74, 6) is -0.868. The van der Waals surface area contributed by atoms with Gasteiger partial charge in [-0.3, -0.25) is 9.69 Å². The molecule has 2 fully saturated rings. The highest BCUT2D eigenvalue weighted by Crippen LogP contribution is 2.47. The molecule has 9 heteroatoms. The second-order valence-electron chi connectivity index (χ2n) is 10.6. The van der Waals surface area contributed by atoms with Gasteiger partial charge in [0.15, 0.2) is 0 Å². The molecule has 2 aliphatic heterocycles. The molecule has 1 aromatic rings. The summed E-state index contributed by atoms with van der Waals surface area (Å²) in [5, 5.41) is 10.6. The van der Waals surface area contributed by atoms with Crippen molar-refractivity contribution in [3.05, 3.63) is 47.1 Å². The predicted octanol–water partition coefficient (Wildman–Crippen LogP) is 4.22. The van der Waals surface area contributed by atoms with Crippen molar-refractivity contribution in [1.82, 2.24) is 14.4 Å². The van der Waals surface area contributed by atoms with Gasteiger partial charge in [0, 0.05) is 32.2 Å². The molecule has 2 aliphatic carbocycles. The first-order valence-electron chi connectivity index (χ1n) is 12.0. The third-order valence-corrected chi connectivity index (χ3v) is 8.63. The van der Waals surface area contributed by atoms with E-state index in [0.29, 0.717) is 45.0 Å². The molecular weight excluding hydrogens is 450 g/mol. The Kier molecular flexibility index (Phi) is 5.33. The maximum Gasteiger partial charge on any atom is 0.431 e. The highest BCUT2D eigenvalue weighted by molar-refractivity contribution is 5.85. The van der Waals surface area contributed by atoms with Crippen molar-refractivity contribution in [2.24, 2.45) is 5.41 Å². The quantitative estimate of drug-likeness (QED) is 0.644. The van der Waals surface area contributed by atoms with Gasteiger partial charge in [-0.1, -0.05) is 18.2 Å². The summed E-state index contributed by atoms with van der Waals surface area (Å²) in [6.45, 7) is 3.04. The van der Waals surface area contributed by atoms with Crippen molar-refractivity contribution in [1.29, 1.82) is 0 Å². The minimum atomic E-state index is -4.62. The van der Waals surface area contributed by atoms with Crippen LogP contribution in [0.25, 0.3) is 0 Å². The van der Waals surface area contributed by atoms with Gasteiger partial charge in [-0.2, -0.15) is 13.2 Å². The van der Waals surface area contributed by atoms with E-state index < -0.39 is 34.2 Å². The van der Waals surface area contributed by atoms with E-state index in [1.54, 1.807) is 4.90 Å². The lowest BCUT2D eigenvalue weighted by molar-refractivity contribution is -0.145. The first-order valence-corrected chi connectivity index (χ1v) is 12.0. The third-order valence-electron chi connectivity index (χ3n) is 8.63. The van der Waals surface area contributed by atoms with Gasteiger partial charge in [-0.15, -0.1) is 0 Å². The lowest BCUT2D eigenvalue weighted by atomic mass is 9.70. The molecule has 1 unspecified atom stereocenters. The maximum absolute atomic E-state index is 14.9. The summed E-state index contributed by atoms with van der Waals surface area (Å²) in [6.07, 6.45) is 4.78. The zero-order valence-electron chi connectivity index (χ0n) is 19.6. The van der Waals surface area contributed by atoms with Gasteiger partial charge in [-0.25, -0.2) is 4.39 Å². The van der Waals surface area contributed by atoms with Crippen LogP contribution in [-0.2, 0) is 23.1 Å². The number of hydrogen-bond acceptors (Lipinski definition) is 3. The normalized spacial score (nSPS) is 28.4. The number of likely N-dealkylation sites (tertiary alicyclic amines) is 1. The Labute approximate surface area is 196 Å². The predicted molar refractivity (Wildman–Crippen MR) is 118 cm³/mol. The van der Waals surface area contributed by atoms with Gasteiger partial charge < -0.3 is 14.6 Å². The van der Waals surface area contributed by atoms with Crippen molar-refractivity contribution in [3.8, 4) is 0 Å². The van der Waals surface area contributed by atoms with Crippen molar-refractivity contribution in [2.75, 3.05) is 26.7 Å². The molecule has 1 N–H and O–H groups in total. The van der Waals surface area contributed by atoms with Crippen LogP contribution in [0.2, 0.25) is 0 Å². The largest absolute Gasteiger partial charge is 0.431 e. The number of aliphatic hydroxyl groups is 1. The molecule has 186 valence electrons. The molecule has 0 bridgehead atoms. The Morgan fingerprint density at radius 3 is 2.29 bits per heavy atom. The van der Waals surface area contributed by atoms with Gasteiger partial charge in [0.1, 0.15) is 11.5 Å². The van der Waals surface area contributed by atoms with E-state index in [2.05, 4.69) is 0 Å². The number of hydrogen-bond donors (Lipinski definition) is 1. The lowest BCUT2D eigenvalue weighted by Crippen LogP contribution is -2.58. The number of halogens is 4. The average molecular weight is 482 g/mol. The minimum Gasteiger partial charge on any atom is -0.385 e. The first kappa shape index (κ1) is 23.6. The van der Waals surface area contributed by atoms with Crippen LogP contribution in [0.3, 0.4) is 0 Å². The highest BCUT2D eigenvalue weighted by Gasteiger charge is 2.51. The molecule has 1 amide bonds. The molecule has 1 atom stereocenters. The van der Waals surface area contributed by atoms with E-state index in [4.69, 9.17) is 0 Å². The molecule has 34 heavy (non-hydrogen) atoms. The number of rotatable bonds is 2. The van der Waals surface area contributed by atoms with Crippen molar-refractivity contribution in [2.45, 2.75) is 69.3 Å². The van der Waals surface area contributed by atoms with Crippen molar-refractivity contribution >= 4 is 5.91 Å². The van der Waals surface area contributed by atoms with E-state index in [-0.39, 0.29) is 18.1 Å². The van der Waals surface area contributed by atoms with Crippen LogP contribution in [-0.4, -0.2) is 57.7 Å². The summed E-state index contributed by atoms with van der Waals surface area (Å²) in [6, 6.07) is 0.613. The molecule has 5 rings (SSSR count). The Hall–Kier alpha value is -2.13. The Morgan fingerprint density at radius 1 is 1.09 bits per heavy atom. The molecule has 1 spiro atoms. The van der Waals surface area contributed by atoms with E-state index in [9.17, 15) is 27.5 Å². The van der Waals surface area contributed by atoms with Gasteiger partial charge >= 0.3 is 6.18 Å². The molecule has 0 aromatic carbocycles. The van der Waals surface area contributed by atoms with Crippen LogP contribution in [0.1, 0.15) is 56.8 Å². The number of carbonyl (C=O) groups is 1. The Balaban J connectivity index is 1.34. The van der Waals surface area contributed by atoms with Crippen LogP contribution >= 0.6 is 0 Å². The Morgan fingerprint density at radius 2 is 1.76 bits per heavy atom. The van der Waals surface area contributed by atoms with Crippen LogP contribution in [0, 0.1) is 11.2 Å². The summed E-state index contributed by atoms with van der Waals surface area (Å²) in [4.78, 5) is 17.2. The highest BCUT2D eigenvalue weighted by atomic mass is 19.4. The number of likely N-dealkylation sites (N-methyl/N-ethyl adjacent to an activating group) is 1. The molecule has 5 nitrogen and oxygen atoms in total. The summed E-state index contributed by atoms with van der Waals surface area (Å²) >= 11 is 0. The van der Waals surface area contributed by atoms with Crippen molar-refractivity contribution in [3.63, 3.8) is 0 Å². The van der Waals surface area contributed by atoms with Gasteiger partial charge in [0.25, 0.3) is 0 Å². The number of allylic oxidation sites excluding steroid dienone is 1. The fourth-order valence-corrected chi connectivity index (χ4v) is 6.20. The van der Waals surface area contributed by atoms with E-state index >= 15 is 0 Å². The topological polar surface area (TPSA) is 48.7 Å². The number of piperidine rings is 1. The summed E-state index contributed by atoms with van der Waals surface area (Å²) in [5.41, 5.74) is -2.35. The van der Waals surface area contributed by atoms with E-state index in [0.717, 1.165) is 29.4 Å². The minimum absolute atomic E-state index is 0.0419. The van der Waals surface area contributed by atoms with E-state index in [1.807, 2.05) is 37.1 Å². The monoisotopic (exact) mass is 481 g/mol. The SMILES string of the molecule is CN1CCn2c(C(F)(F)F)cc(F)c2C12CCN(C(=O)C1(C)C=CC(C3(O)CCC3)=CC1)CC2. The summed E-state index contributed by atoms with van der Waals surface area (Å²) in [7, 11) is 1.82. The smallest absolute Gasteiger partial charge is 0.385 e. The first-order chi connectivity index (χ1) is 15.9. The number of nitrogens with zero attached hydrogens (tertiary/aromatic N) is 3. The van der Waals surface area contributed by atoms with Gasteiger partial charge in [0.05, 0.1) is 22.2 Å². The molecule has 1 saturated carbocycles. The van der Waals surface area contributed by atoms with Gasteiger partial charge in [0.2, 0.25) is 5.91 Å². The number of amides is 1. The molecule has 1 aromatic heterocycles. The van der Waals surface area contributed by atoms with Crippen LogP contribution in [0.5, 0.6) is 0 Å². The van der Waals surface area contributed by atoms with Crippen molar-refractivity contribution < 1.29 is 27.5 Å². The molecule has 3 heterocycles. The maximum atomic E-state index is 14.9. The van der Waals surface area contributed by atoms with Gasteiger partial charge in [-0.05, 0) is 58.1 Å². The zero-order valence-corrected chi connectivity index (χ0v) is 19.6. The van der Waals surface area contributed by atoms with Crippen LogP contribution in [0.4, 0.5) is 17.6 Å². The fourth-order valence-electron chi connectivity index (χ4n) is 6.20. The number of aromatic nitrogens is 1. The molecule has 4 aliphatic rings. The number of fused-ring (bicyclic) bond motifs is 2. The molecular formula is C25H31F4N3O2. The zero-order chi connectivity index (χ0) is 24.5. The van der Waals surface area contributed by atoms with Crippen LogP contribution in [0.15, 0.2) is 29.9 Å². The summed E-state index contributed by atoms with van der Waals surface area (Å²) < 4.78 is 56.5. The Bertz CT molecular complexity index is 1060. The molecule has 1 saturated heterocycles. The lowest BCUT2D eigenvalue weighted by Gasteiger charge is -2.51. The van der Waals surface area contributed by atoms with Crippen LogP contribution < -0.4 is 0 Å².